The summed E-state index contributed by atoms with van der Waals surface area (Å²) in [5, 5.41) is 3.32. The summed E-state index contributed by atoms with van der Waals surface area (Å²) in [6, 6.07) is 13.1. The normalized spacial score (nSPS) is 14.6. The molecule has 0 bridgehead atoms. The largest absolute Gasteiger partial charge is 0.492 e. The first kappa shape index (κ1) is 25.0. The molecule has 0 atom stereocenters. The van der Waals surface area contributed by atoms with E-state index < -0.39 is 34.0 Å². The Morgan fingerprint density at radius 1 is 1.03 bits per heavy atom. The molecule has 3 aromatic carbocycles. The number of amides is 1. The lowest BCUT2D eigenvalue weighted by atomic mass is 10.0. The van der Waals surface area contributed by atoms with Crippen molar-refractivity contribution in [3.8, 4) is 5.75 Å². The molecule has 6 nitrogen and oxygen atoms in total. The number of morpholine rings is 1. The van der Waals surface area contributed by atoms with E-state index in [2.05, 4.69) is 10.2 Å². The molecule has 0 saturated carbocycles. The number of hydrogen-bond donors (Lipinski definition) is 1. The number of hydrogen-bond acceptors (Lipinski definition) is 5. The third-order valence-electron chi connectivity index (χ3n) is 5.64. The van der Waals surface area contributed by atoms with Gasteiger partial charge in [-0.25, -0.2) is 0 Å². The number of ether oxygens (including phenoxy) is 2. The summed E-state index contributed by atoms with van der Waals surface area (Å²) >= 11 is 5.60. The van der Waals surface area contributed by atoms with Crippen molar-refractivity contribution in [2.24, 2.45) is 0 Å². The Morgan fingerprint density at radius 3 is 2.46 bits per heavy atom. The van der Waals surface area contributed by atoms with E-state index in [4.69, 9.17) is 21.1 Å². The van der Waals surface area contributed by atoms with Crippen LogP contribution in [0.25, 0.3) is 10.8 Å². The summed E-state index contributed by atoms with van der Waals surface area (Å²) in [6.45, 7) is 4.30. The van der Waals surface area contributed by atoms with Gasteiger partial charge in [0.2, 0.25) is 0 Å². The maximum Gasteiger partial charge on any atom is 0.417 e. The van der Waals surface area contributed by atoms with Crippen molar-refractivity contribution in [3.63, 3.8) is 0 Å². The number of ketones is 1. The van der Waals surface area contributed by atoms with Crippen molar-refractivity contribution in [2.75, 3.05) is 44.8 Å². The number of carbonyl (C=O) groups excluding carboxylic acids is 2. The van der Waals surface area contributed by atoms with Gasteiger partial charge in [0.25, 0.3) is 11.7 Å². The first-order chi connectivity index (χ1) is 16.7. The molecular formula is C25H22ClF3N2O4. The van der Waals surface area contributed by atoms with Crippen molar-refractivity contribution in [1.29, 1.82) is 0 Å². The molecule has 0 radical (unpaired) electrons. The van der Waals surface area contributed by atoms with E-state index in [-0.39, 0.29) is 0 Å². The van der Waals surface area contributed by atoms with Crippen LogP contribution in [-0.2, 0) is 15.7 Å². The van der Waals surface area contributed by atoms with Crippen molar-refractivity contribution >= 4 is 39.8 Å². The number of nitrogens with zero attached hydrogens (tertiary/aromatic N) is 1. The fraction of sp³-hybridized carbons (Fsp3) is 0.280. The van der Waals surface area contributed by atoms with Gasteiger partial charge in [-0.15, -0.1) is 0 Å². The molecule has 1 aliphatic rings. The summed E-state index contributed by atoms with van der Waals surface area (Å²) < 4.78 is 50.7. The molecular weight excluding hydrogens is 485 g/mol. The van der Waals surface area contributed by atoms with Crippen molar-refractivity contribution in [2.45, 2.75) is 6.18 Å². The van der Waals surface area contributed by atoms with Crippen LogP contribution in [0, 0.1) is 0 Å². The molecule has 1 aliphatic heterocycles. The quantitative estimate of drug-likeness (QED) is 0.359. The topological polar surface area (TPSA) is 67.9 Å². The predicted octanol–water partition coefficient (Wildman–Crippen LogP) is 5.04. The molecule has 1 heterocycles. The Hall–Kier alpha value is -3.14. The summed E-state index contributed by atoms with van der Waals surface area (Å²) in [4.78, 5) is 27.4. The molecule has 0 unspecified atom stereocenters. The van der Waals surface area contributed by atoms with Crippen LogP contribution >= 0.6 is 11.6 Å². The minimum Gasteiger partial charge on any atom is -0.492 e. The minimum absolute atomic E-state index is 0.337. The second-order valence-corrected chi connectivity index (χ2v) is 8.34. The second-order valence-electron chi connectivity index (χ2n) is 7.93. The third kappa shape index (κ3) is 5.93. The van der Waals surface area contributed by atoms with E-state index in [1.165, 1.54) is 0 Å². The molecule has 0 spiro atoms. The lowest BCUT2D eigenvalue weighted by molar-refractivity contribution is -0.137. The first-order valence-corrected chi connectivity index (χ1v) is 11.3. The molecule has 0 aliphatic carbocycles. The highest BCUT2D eigenvalue weighted by Gasteiger charge is 2.34. The molecule has 184 valence electrons. The van der Waals surface area contributed by atoms with Crippen LogP contribution < -0.4 is 10.1 Å². The monoisotopic (exact) mass is 506 g/mol. The lowest BCUT2D eigenvalue weighted by Gasteiger charge is -2.26. The van der Waals surface area contributed by atoms with Crippen LogP contribution in [-0.4, -0.2) is 56.0 Å². The van der Waals surface area contributed by atoms with Crippen molar-refractivity contribution in [1.82, 2.24) is 4.90 Å². The Morgan fingerprint density at radius 2 is 1.74 bits per heavy atom. The zero-order valence-electron chi connectivity index (χ0n) is 18.5. The number of alkyl halides is 3. The molecule has 4 rings (SSSR count). The van der Waals surface area contributed by atoms with Crippen molar-refractivity contribution in [3.05, 3.63) is 70.7 Å². The van der Waals surface area contributed by atoms with Crippen LogP contribution in [0.2, 0.25) is 5.02 Å². The zero-order chi connectivity index (χ0) is 25.0. The fourth-order valence-corrected chi connectivity index (χ4v) is 4.03. The number of Topliss-reactive ketones (excluding diaryl/α,β-unsaturated/α-hetero) is 1. The third-order valence-corrected chi connectivity index (χ3v) is 5.97. The van der Waals surface area contributed by atoms with Gasteiger partial charge in [0.15, 0.2) is 0 Å². The molecule has 1 amide bonds. The summed E-state index contributed by atoms with van der Waals surface area (Å²) in [5.74, 6) is -1.56. The molecule has 35 heavy (non-hydrogen) atoms. The van der Waals surface area contributed by atoms with Gasteiger partial charge >= 0.3 is 6.18 Å². The first-order valence-electron chi connectivity index (χ1n) is 10.9. The number of anilines is 1. The number of benzene rings is 3. The van der Waals surface area contributed by atoms with E-state index in [0.29, 0.717) is 42.7 Å². The number of nitrogens with one attached hydrogen (secondary N) is 1. The van der Waals surface area contributed by atoms with Gasteiger partial charge in [0.05, 0.1) is 23.8 Å². The maximum absolute atomic E-state index is 13.1. The SMILES string of the molecule is O=C(Nc1ccc(OCCN2CCOCC2)c2ccccc12)C(=O)c1ccc(Cl)c(C(F)(F)F)c1. The van der Waals surface area contributed by atoms with Crippen LogP contribution in [0.4, 0.5) is 18.9 Å². The predicted molar refractivity (Wildman–Crippen MR) is 126 cm³/mol. The van der Waals surface area contributed by atoms with E-state index in [1.54, 1.807) is 24.3 Å². The zero-order valence-corrected chi connectivity index (χ0v) is 19.3. The van der Waals surface area contributed by atoms with Crippen molar-refractivity contribution < 1.29 is 32.2 Å². The highest BCUT2D eigenvalue weighted by atomic mass is 35.5. The maximum atomic E-state index is 13.1. The standard InChI is InChI=1S/C25H22ClF3N2O4/c26-20-6-5-16(15-19(20)25(27,28)29)23(32)24(33)30-21-7-8-22(18-4-2-1-3-17(18)21)35-14-11-31-9-12-34-13-10-31/h1-8,15H,9-14H2,(H,30,33). The van der Waals surface area contributed by atoms with Gasteiger partial charge in [-0.1, -0.05) is 35.9 Å². The molecule has 10 heteroatoms. The molecule has 3 aromatic rings. The summed E-state index contributed by atoms with van der Waals surface area (Å²) in [6.07, 6.45) is -4.75. The number of halogens is 4. The van der Waals surface area contributed by atoms with Crippen LogP contribution in [0.5, 0.6) is 5.75 Å². The second kappa shape index (κ2) is 10.6. The van der Waals surface area contributed by atoms with E-state index in [0.717, 1.165) is 37.2 Å². The summed E-state index contributed by atoms with van der Waals surface area (Å²) in [7, 11) is 0. The van der Waals surface area contributed by atoms with Crippen LogP contribution in [0.1, 0.15) is 15.9 Å². The highest BCUT2D eigenvalue weighted by Crippen LogP contribution is 2.35. The Bertz CT molecular complexity index is 1240. The average Bonchev–Trinajstić information content (AvgIpc) is 2.85. The average molecular weight is 507 g/mol. The Balaban J connectivity index is 1.50. The Kier molecular flexibility index (Phi) is 7.59. The number of rotatable bonds is 7. The van der Waals surface area contributed by atoms with Crippen LogP contribution in [0.15, 0.2) is 54.6 Å². The molecule has 1 N–H and O–H groups in total. The molecule has 1 saturated heterocycles. The fourth-order valence-electron chi connectivity index (χ4n) is 3.81. The van der Waals surface area contributed by atoms with E-state index in [1.807, 2.05) is 12.1 Å². The van der Waals surface area contributed by atoms with E-state index in [9.17, 15) is 22.8 Å². The molecule has 0 aromatic heterocycles. The minimum atomic E-state index is -4.75. The highest BCUT2D eigenvalue weighted by molar-refractivity contribution is 6.47. The lowest BCUT2D eigenvalue weighted by Crippen LogP contribution is -2.38. The van der Waals surface area contributed by atoms with Gasteiger partial charge in [0, 0.05) is 41.7 Å². The van der Waals surface area contributed by atoms with Crippen LogP contribution in [0.3, 0.4) is 0 Å². The Labute approximate surface area is 204 Å². The van der Waals surface area contributed by atoms with Gasteiger partial charge in [-0.05, 0) is 30.3 Å². The smallest absolute Gasteiger partial charge is 0.417 e. The summed E-state index contributed by atoms with van der Waals surface area (Å²) in [5.41, 5.74) is -1.25. The van der Waals surface area contributed by atoms with Gasteiger partial charge in [0.1, 0.15) is 12.4 Å². The van der Waals surface area contributed by atoms with E-state index >= 15 is 0 Å². The number of carbonyl (C=O) groups is 2. The number of fused-ring (bicyclic) bond motifs is 1. The van der Waals surface area contributed by atoms with Gasteiger partial charge in [-0.3, -0.25) is 14.5 Å². The molecule has 1 fully saturated rings. The van der Waals surface area contributed by atoms with Gasteiger partial charge in [-0.2, -0.15) is 13.2 Å². The van der Waals surface area contributed by atoms with Gasteiger partial charge < -0.3 is 14.8 Å².